The number of aromatic nitrogens is 2. The zero-order valence-electron chi connectivity index (χ0n) is 14.5. The largest absolute Gasteiger partial charge is 0.337 e. The zero-order chi connectivity index (χ0) is 17.6. The molecule has 0 atom stereocenters. The van der Waals surface area contributed by atoms with Gasteiger partial charge in [0, 0.05) is 19.2 Å². The van der Waals surface area contributed by atoms with Crippen LogP contribution < -0.4 is 10.9 Å². The zero-order valence-corrected chi connectivity index (χ0v) is 14.5. The standard InChI is InChI=1S/C19H24N4O2/c1-20-12-9-15-10-13-22(14-11-15)19(25)17-7-8-18(24)23(21-17)16-5-3-2-4-6-16/h2-8,15,20H,9-14H2,1H3. The van der Waals surface area contributed by atoms with Crippen LogP contribution >= 0.6 is 0 Å². The predicted octanol–water partition coefficient (Wildman–Crippen LogP) is 1.69. The third-order valence-electron chi connectivity index (χ3n) is 4.72. The normalized spacial score (nSPS) is 15.3. The first kappa shape index (κ1) is 17.4. The maximum Gasteiger partial charge on any atom is 0.274 e. The van der Waals surface area contributed by atoms with Gasteiger partial charge in [0.2, 0.25) is 0 Å². The molecule has 1 fully saturated rings. The molecule has 0 aliphatic carbocycles. The molecule has 0 radical (unpaired) electrons. The summed E-state index contributed by atoms with van der Waals surface area (Å²) in [6.45, 7) is 2.51. The number of carbonyl (C=O) groups excluding carboxylic acids is 1. The second-order valence-electron chi connectivity index (χ2n) is 6.43. The minimum absolute atomic E-state index is 0.100. The molecule has 1 aliphatic heterocycles. The molecule has 1 aromatic carbocycles. The molecule has 1 saturated heterocycles. The average molecular weight is 340 g/mol. The number of carbonyl (C=O) groups is 1. The van der Waals surface area contributed by atoms with E-state index >= 15 is 0 Å². The van der Waals surface area contributed by atoms with Gasteiger partial charge in [-0.25, -0.2) is 0 Å². The first-order valence-corrected chi connectivity index (χ1v) is 8.78. The summed E-state index contributed by atoms with van der Waals surface area (Å²) in [5.74, 6) is 0.569. The predicted molar refractivity (Wildman–Crippen MR) is 97.0 cm³/mol. The van der Waals surface area contributed by atoms with Crippen LogP contribution in [0.1, 0.15) is 29.8 Å². The minimum Gasteiger partial charge on any atom is -0.337 e. The molecule has 25 heavy (non-hydrogen) atoms. The third kappa shape index (κ3) is 4.14. The molecule has 2 aromatic rings. The van der Waals surface area contributed by atoms with Crippen molar-refractivity contribution in [2.75, 3.05) is 26.7 Å². The molecule has 1 N–H and O–H groups in total. The molecular formula is C19H24N4O2. The van der Waals surface area contributed by atoms with Crippen LogP contribution in [0.15, 0.2) is 47.3 Å². The number of benzene rings is 1. The summed E-state index contributed by atoms with van der Waals surface area (Å²) in [5, 5.41) is 7.47. The number of nitrogens with one attached hydrogen (secondary N) is 1. The molecular weight excluding hydrogens is 316 g/mol. The topological polar surface area (TPSA) is 67.2 Å². The number of rotatable bonds is 5. The van der Waals surface area contributed by atoms with Gasteiger partial charge in [-0.15, -0.1) is 0 Å². The van der Waals surface area contributed by atoms with E-state index < -0.39 is 0 Å². The van der Waals surface area contributed by atoms with E-state index in [9.17, 15) is 9.59 Å². The van der Waals surface area contributed by atoms with E-state index in [1.54, 1.807) is 12.1 Å². The molecule has 0 spiro atoms. The Morgan fingerprint density at radius 1 is 1.16 bits per heavy atom. The third-order valence-corrected chi connectivity index (χ3v) is 4.72. The van der Waals surface area contributed by atoms with Crippen molar-refractivity contribution in [3.05, 3.63) is 58.5 Å². The van der Waals surface area contributed by atoms with Crippen LogP contribution in [0.5, 0.6) is 0 Å². The maximum atomic E-state index is 12.8. The number of likely N-dealkylation sites (tertiary alicyclic amines) is 1. The first-order valence-electron chi connectivity index (χ1n) is 8.78. The Kier molecular flexibility index (Phi) is 5.60. The SMILES string of the molecule is CNCCC1CCN(C(=O)c2ccc(=O)n(-c3ccccc3)n2)CC1. The van der Waals surface area contributed by atoms with E-state index in [1.807, 2.05) is 30.1 Å². The van der Waals surface area contributed by atoms with E-state index in [0.717, 1.165) is 38.9 Å². The molecule has 2 heterocycles. The van der Waals surface area contributed by atoms with Crippen LogP contribution in [-0.4, -0.2) is 47.3 Å². The van der Waals surface area contributed by atoms with Gasteiger partial charge in [-0.1, -0.05) is 18.2 Å². The molecule has 0 saturated carbocycles. The van der Waals surface area contributed by atoms with Gasteiger partial charge < -0.3 is 10.2 Å². The van der Waals surface area contributed by atoms with E-state index in [0.29, 0.717) is 17.3 Å². The highest BCUT2D eigenvalue weighted by molar-refractivity contribution is 5.92. The molecule has 132 valence electrons. The van der Waals surface area contributed by atoms with Gasteiger partial charge in [0.1, 0.15) is 5.69 Å². The lowest BCUT2D eigenvalue weighted by Gasteiger charge is -2.31. The van der Waals surface area contributed by atoms with Crippen molar-refractivity contribution in [2.24, 2.45) is 5.92 Å². The van der Waals surface area contributed by atoms with Gasteiger partial charge in [0.15, 0.2) is 0 Å². The van der Waals surface area contributed by atoms with Crippen molar-refractivity contribution in [2.45, 2.75) is 19.3 Å². The molecule has 0 bridgehead atoms. The monoisotopic (exact) mass is 340 g/mol. The summed E-state index contributed by atoms with van der Waals surface area (Å²) in [7, 11) is 1.96. The highest BCUT2D eigenvalue weighted by Crippen LogP contribution is 2.21. The van der Waals surface area contributed by atoms with Crippen LogP contribution in [-0.2, 0) is 0 Å². The fourth-order valence-corrected chi connectivity index (χ4v) is 3.21. The summed E-state index contributed by atoms with van der Waals surface area (Å²) >= 11 is 0. The summed E-state index contributed by atoms with van der Waals surface area (Å²) in [6, 6.07) is 12.1. The first-order chi connectivity index (χ1) is 12.2. The molecule has 3 rings (SSSR count). The van der Waals surface area contributed by atoms with E-state index in [4.69, 9.17) is 0 Å². The molecule has 1 aliphatic rings. The van der Waals surface area contributed by atoms with Crippen LogP contribution in [0.3, 0.4) is 0 Å². The number of hydrogen-bond acceptors (Lipinski definition) is 4. The van der Waals surface area contributed by atoms with Crippen LogP contribution in [0, 0.1) is 5.92 Å². The molecule has 6 heteroatoms. The van der Waals surface area contributed by atoms with Crippen LogP contribution in [0.4, 0.5) is 0 Å². The van der Waals surface area contributed by atoms with Gasteiger partial charge >= 0.3 is 0 Å². The Morgan fingerprint density at radius 3 is 2.56 bits per heavy atom. The lowest BCUT2D eigenvalue weighted by atomic mass is 9.93. The summed E-state index contributed by atoms with van der Waals surface area (Å²) in [6.07, 6.45) is 3.19. The fourth-order valence-electron chi connectivity index (χ4n) is 3.21. The van der Waals surface area contributed by atoms with Gasteiger partial charge in [0.25, 0.3) is 11.5 Å². The second-order valence-corrected chi connectivity index (χ2v) is 6.43. The van der Waals surface area contributed by atoms with Gasteiger partial charge in [0.05, 0.1) is 5.69 Å². The Bertz CT molecular complexity index is 764. The Labute approximate surface area is 147 Å². The van der Waals surface area contributed by atoms with Crippen molar-refractivity contribution in [3.63, 3.8) is 0 Å². The second kappa shape index (κ2) is 8.07. The number of amides is 1. The van der Waals surface area contributed by atoms with Gasteiger partial charge in [-0.2, -0.15) is 9.78 Å². The highest BCUT2D eigenvalue weighted by atomic mass is 16.2. The van der Waals surface area contributed by atoms with Crippen molar-refractivity contribution in [1.82, 2.24) is 20.0 Å². The van der Waals surface area contributed by atoms with Crippen molar-refractivity contribution < 1.29 is 4.79 Å². The molecule has 1 aromatic heterocycles. The smallest absolute Gasteiger partial charge is 0.274 e. The Morgan fingerprint density at radius 2 is 1.88 bits per heavy atom. The number of nitrogens with zero attached hydrogens (tertiary/aromatic N) is 3. The lowest BCUT2D eigenvalue weighted by Crippen LogP contribution is -2.40. The van der Waals surface area contributed by atoms with Crippen LogP contribution in [0.25, 0.3) is 5.69 Å². The summed E-state index contributed by atoms with van der Waals surface area (Å²) in [4.78, 5) is 26.7. The van der Waals surface area contributed by atoms with Gasteiger partial charge in [-0.3, -0.25) is 9.59 Å². The average Bonchev–Trinajstić information content (AvgIpc) is 2.67. The lowest BCUT2D eigenvalue weighted by molar-refractivity contribution is 0.0679. The Hall–Kier alpha value is -2.47. The van der Waals surface area contributed by atoms with Crippen molar-refractivity contribution in [1.29, 1.82) is 0 Å². The van der Waals surface area contributed by atoms with Crippen molar-refractivity contribution >= 4 is 5.91 Å². The summed E-state index contributed by atoms with van der Waals surface area (Å²) < 4.78 is 1.28. The number of hydrogen-bond donors (Lipinski definition) is 1. The highest BCUT2D eigenvalue weighted by Gasteiger charge is 2.24. The molecule has 0 unspecified atom stereocenters. The van der Waals surface area contributed by atoms with Crippen LogP contribution in [0.2, 0.25) is 0 Å². The molecule has 1 amide bonds. The van der Waals surface area contributed by atoms with E-state index in [2.05, 4.69) is 10.4 Å². The molecule has 6 nitrogen and oxygen atoms in total. The number of piperidine rings is 1. The summed E-state index contributed by atoms with van der Waals surface area (Å²) in [5.41, 5.74) is 0.735. The fraction of sp³-hybridized carbons (Fsp3) is 0.421. The van der Waals surface area contributed by atoms with Gasteiger partial charge in [-0.05, 0) is 57.0 Å². The van der Waals surface area contributed by atoms with Crippen molar-refractivity contribution in [3.8, 4) is 5.69 Å². The maximum absolute atomic E-state index is 12.8. The van der Waals surface area contributed by atoms with E-state index in [-0.39, 0.29) is 11.5 Å². The van der Waals surface area contributed by atoms with E-state index in [1.165, 1.54) is 16.8 Å². The Balaban J connectivity index is 1.72. The quantitative estimate of drug-likeness (QED) is 0.899. The number of para-hydroxylation sites is 1. The minimum atomic E-state index is -0.242.